The lowest BCUT2D eigenvalue weighted by Crippen LogP contribution is -2.42. The highest BCUT2D eigenvalue weighted by atomic mass is 16.7. The van der Waals surface area contributed by atoms with Gasteiger partial charge in [-0.15, -0.1) is 0 Å². The molecule has 10 heteroatoms. The molecule has 3 unspecified atom stereocenters. The van der Waals surface area contributed by atoms with Gasteiger partial charge in [-0.1, -0.05) is 182 Å². The third-order valence-corrected chi connectivity index (χ3v) is 12.5. The van der Waals surface area contributed by atoms with Gasteiger partial charge in [-0.3, -0.25) is 0 Å². The van der Waals surface area contributed by atoms with Gasteiger partial charge in [0.25, 0.3) is 0 Å². The van der Waals surface area contributed by atoms with E-state index in [1.807, 2.05) is 0 Å². The van der Waals surface area contributed by atoms with Crippen LogP contribution < -0.4 is 0 Å². The van der Waals surface area contributed by atoms with Gasteiger partial charge >= 0.3 is 18.3 Å². The van der Waals surface area contributed by atoms with E-state index in [4.69, 9.17) is 29.1 Å². The largest absolute Gasteiger partial charge is 0.508 e. The first-order chi connectivity index (χ1) is 30.7. The van der Waals surface area contributed by atoms with E-state index in [2.05, 4.69) is 58.5 Å². The minimum atomic E-state index is -0.521. The molecule has 0 fully saturated rings. The van der Waals surface area contributed by atoms with Crippen molar-refractivity contribution in [2.45, 2.75) is 253 Å². The molecule has 0 heterocycles. The van der Waals surface area contributed by atoms with Crippen molar-refractivity contribution in [3.05, 3.63) is 0 Å². The van der Waals surface area contributed by atoms with Gasteiger partial charge in [0.2, 0.25) is 0 Å². The predicted octanol–water partition coefficient (Wildman–Crippen LogP) is 15.7. The number of ether oxygens (including phenoxy) is 5. The number of unbranched alkanes of at least 4 members (excludes halogenated alkanes) is 19. The molecule has 0 aromatic carbocycles. The third kappa shape index (κ3) is 39.8. The van der Waals surface area contributed by atoms with E-state index in [0.717, 1.165) is 122 Å². The van der Waals surface area contributed by atoms with Gasteiger partial charge in [0.1, 0.15) is 0 Å². The number of hydrogen-bond donors (Lipinski definition) is 1. The maximum Gasteiger partial charge on any atom is 0.508 e. The van der Waals surface area contributed by atoms with Gasteiger partial charge in [-0.25, -0.2) is 15.0 Å². The molecule has 0 radical (unpaired) electrons. The molecule has 0 aliphatic carbocycles. The first-order valence-corrected chi connectivity index (χ1v) is 26.9. The highest BCUT2D eigenvalue weighted by Crippen LogP contribution is 2.22. The Labute approximate surface area is 390 Å². The molecule has 0 aromatic heterocycles. The molecule has 63 heavy (non-hydrogen) atoms. The molecular formula is C53H105N3O7. The molecule has 10 nitrogen and oxygen atoms in total. The lowest BCUT2D eigenvalue weighted by atomic mass is 9.96. The Kier molecular flexibility index (Phi) is 44.7. The van der Waals surface area contributed by atoms with Gasteiger partial charge in [0, 0.05) is 12.6 Å². The van der Waals surface area contributed by atoms with Crippen molar-refractivity contribution >= 4 is 18.3 Å². The van der Waals surface area contributed by atoms with Crippen LogP contribution in [0.15, 0.2) is 0 Å². The van der Waals surface area contributed by atoms with Crippen LogP contribution >= 0.6 is 0 Å². The van der Waals surface area contributed by atoms with E-state index in [9.17, 15) is 9.59 Å². The molecule has 0 aliphatic heterocycles. The zero-order valence-electron chi connectivity index (χ0n) is 42.8. The summed E-state index contributed by atoms with van der Waals surface area (Å²) >= 11 is 0. The summed E-state index contributed by atoms with van der Waals surface area (Å²) < 4.78 is 28.3. The molecule has 3 atom stereocenters. The second-order valence-electron chi connectivity index (χ2n) is 18.9. The van der Waals surface area contributed by atoms with Gasteiger partial charge in [0.05, 0.1) is 33.0 Å². The van der Waals surface area contributed by atoms with Crippen LogP contribution in [0.25, 0.3) is 0 Å². The molecule has 0 spiro atoms. The molecule has 1 N–H and O–H groups in total. The van der Waals surface area contributed by atoms with E-state index in [0.29, 0.717) is 51.4 Å². The fourth-order valence-corrected chi connectivity index (χ4v) is 8.34. The van der Waals surface area contributed by atoms with Crippen LogP contribution in [-0.2, 0) is 23.7 Å². The Morgan fingerprint density at radius 3 is 1.32 bits per heavy atom. The molecule has 1 amide bonds. The third-order valence-electron chi connectivity index (χ3n) is 12.5. The lowest BCUT2D eigenvalue weighted by Gasteiger charge is -2.32. The van der Waals surface area contributed by atoms with Crippen LogP contribution in [0.2, 0.25) is 0 Å². The van der Waals surface area contributed by atoms with E-state index in [-0.39, 0.29) is 18.2 Å². The number of rotatable bonds is 46. The summed E-state index contributed by atoms with van der Waals surface area (Å²) in [5.74, 6) is 0.948. The fourth-order valence-electron chi connectivity index (χ4n) is 8.34. The molecular weight excluding hydrogens is 791 g/mol. The Balaban J connectivity index is 4.91. The maximum atomic E-state index is 13.6. The quantitative estimate of drug-likeness (QED) is 0.0278. The summed E-state index contributed by atoms with van der Waals surface area (Å²) in [5.41, 5.74) is 0. The lowest BCUT2D eigenvalue weighted by molar-refractivity contribution is 0.0406. The van der Waals surface area contributed by atoms with Crippen molar-refractivity contribution in [1.29, 1.82) is 5.41 Å². The zero-order valence-corrected chi connectivity index (χ0v) is 42.8. The topological polar surface area (TPSA) is 111 Å². The number of carbonyl (C=O) groups is 2. The zero-order chi connectivity index (χ0) is 46.4. The standard InChI is InChI=1S/C53H105N3O7/c1-8-13-18-27-37-48(35-16-11-4)46-62-51(54)59-43-32-25-21-23-29-39-50(56(42-34-41-55(6)7)52(57)60-44-31-20-15-10-3)40-30-24-22-26-33-45-61-53(58)63-47-49(36-17-12-5)38-28-19-14-9-2/h48-50,54H,8-47H2,1-7H3. The second-order valence-corrected chi connectivity index (χ2v) is 18.9. The summed E-state index contributed by atoms with van der Waals surface area (Å²) in [6, 6.07) is 0.162. The van der Waals surface area contributed by atoms with Gasteiger partial charge in [-0.2, -0.15) is 0 Å². The van der Waals surface area contributed by atoms with Crippen LogP contribution in [0.4, 0.5) is 9.59 Å². The number of hydrogen-bond acceptors (Lipinski definition) is 9. The van der Waals surface area contributed by atoms with Crippen molar-refractivity contribution < 1.29 is 33.3 Å². The monoisotopic (exact) mass is 896 g/mol. The molecule has 374 valence electrons. The fraction of sp³-hybridized carbons (Fsp3) is 0.943. The van der Waals surface area contributed by atoms with Crippen LogP contribution in [0.1, 0.15) is 247 Å². The SMILES string of the molecule is CCCCCCOC(=O)N(CCCN(C)C)C(CCCCCCCOC(=N)OCC(CCCC)CCCCCC)CCCCCCCOC(=O)OCC(CCCC)CCCCCC. The summed E-state index contributed by atoms with van der Waals surface area (Å²) in [7, 11) is 4.17. The second kappa shape index (κ2) is 46.3. The molecule has 0 saturated heterocycles. The first kappa shape index (κ1) is 60.8. The van der Waals surface area contributed by atoms with E-state index in [1.165, 1.54) is 96.3 Å². The summed E-state index contributed by atoms with van der Waals surface area (Å²) in [6.07, 6.45) is 36.2. The van der Waals surface area contributed by atoms with Gasteiger partial charge in [-0.05, 0) is 96.7 Å². The summed E-state index contributed by atoms with van der Waals surface area (Å²) in [5, 5.41) is 8.19. The van der Waals surface area contributed by atoms with Crippen molar-refractivity contribution in [3.8, 4) is 0 Å². The molecule has 0 aliphatic rings. The molecule has 0 bridgehead atoms. The molecule has 0 rings (SSSR count). The van der Waals surface area contributed by atoms with Crippen molar-refractivity contribution in [2.24, 2.45) is 11.8 Å². The Bertz CT molecular complexity index is 959. The number of nitrogens with zero attached hydrogens (tertiary/aromatic N) is 2. The summed E-state index contributed by atoms with van der Waals surface area (Å²) in [4.78, 5) is 30.2. The summed E-state index contributed by atoms with van der Waals surface area (Å²) in [6.45, 7) is 15.3. The average Bonchev–Trinajstić information content (AvgIpc) is 3.27. The van der Waals surface area contributed by atoms with Crippen LogP contribution in [0, 0.1) is 17.2 Å². The maximum absolute atomic E-state index is 13.6. The van der Waals surface area contributed by atoms with Crippen molar-refractivity contribution in [3.63, 3.8) is 0 Å². The Hall–Kier alpha value is -2.23. The average molecular weight is 896 g/mol. The van der Waals surface area contributed by atoms with Gasteiger partial charge < -0.3 is 33.5 Å². The number of amides is 1. The first-order valence-electron chi connectivity index (χ1n) is 26.9. The smallest absolute Gasteiger partial charge is 0.451 e. The van der Waals surface area contributed by atoms with E-state index >= 15 is 0 Å². The molecule has 0 aromatic rings. The highest BCUT2D eigenvalue weighted by molar-refractivity contribution is 5.68. The van der Waals surface area contributed by atoms with Crippen LogP contribution in [-0.4, -0.2) is 94.4 Å². The minimum Gasteiger partial charge on any atom is -0.451 e. The van der Waals surface area contributed by atoms with Crippen molar-refractivity contribution in [1.82, 2.24) is 9.80 Å². The minimum absolute atomic E-state index is 0.0256. The molecule has 0 saturated carbocycles. The van der Waals surface area contributed by atoms with E-state index in [1.54, 1.807) is 0 Å². The van der Waals surface area contributed by atoms with Crippen molar-refractivity contribution in [2.75, 3.05) is 60.2 Å². The Morgan fingerprint density at radius 1 is 0.413 bits per heavy atom. The number of carbonyl (C=O) groups excluding carboxylic acids is 2. The predicted molar refractivity (Wildman–Crippen MR) is 265 cm³/mol. The van der Waals surface area contributed by atoms with Crippen LogP contribution in [0.3, 0.4) is 0 Å². The van der Waals surface area contributed by atoms with E-state index < -0.39 is 6.16 Å². The highest BCUT2D eigenvalue weighted by Gasteiger charge is 2.24. The normalized spacial score (nSPS) is 12.8. The van der Waals surface area contributed by atoms with Gasteiger partial charge in [0.15, 0.2) is 0 Å². The van der Waals surface area contributed by atoms with Crippen LogP contribution in [0.5, 0.6) is 0 Å². The number of nitrogens with one attached hydrogen (secondary N) is 1. The Morgan fingerprint density at radius 2 is 0.810 bits per heavy atom.